The molecule has 1 aromatic carbocycles. The normalized spacial score (nSPS) is 22.7. The van der Waals surface area contributed by atoms with Crippen molar-refractivity contribution < 1.29 is 13.5 Å². The summed E-state index contributed by atoms with van der Waals surface area (Å²) in [5.41, 5.74) is 0.395. The maximum absolute atomic E-state index is 11.1. The molecule has 3 rings (SSSR count). The summed E-state index contributed by atoms with van der Waals surface area (Å²) >= 11 is 0. The van der Waals surface area contributed by atoms with Crippen LogP contribution in [0.15, 0.2) is 29.2 Å². The van der Waals surface area contributed by atoms with Crippen LogP contribution in [0.25, 0.3) is 0 Å². The van der Waals surface area contributed by atoms with Crippen LogP contribution in [0.5, 0.6) is 0 Å². The van der Waals surface area contributed by atoms with Gasteiger partial charge in [-0.05, 0) is 43.0 Å². The first-order chi connectivity index (χ1) is 8.38. The first-order valence-corrected chi connectivity index (χ1v) is 7.53. The number of primary sulfonamides is 1. The van der Waals surface area contributed by atoms with E-state index in [1.807, 2.05) is 4.90 Å². The van der Waals surface area contributed by atoms with Crippen molar-refractivity contribution in [1.82, 2.24) is 0 Å². The summed E-state index contributed by atoms with van der Waals surface area (Å²) in [7, 11) is -3.63. The summed E-state index contributed by atoms with van der Waals surface area (Å²) in [5, 5.41) is 15.2. The highest BCUT2D eigenvalue weighted by atomic mass is 32.2. The second-order valence-corrected chi connectivity index (χ2v) is 6.83. The molecule has 0 bridgehead atoms. The molecule has 1 aliphatic heterocycles. The lowest BCUT2D eigenvalue weighted by molar-refractivity contribution is -0.00930. The van der Waals surface area contributed by atoms with E-state index in [4.69, 9.17) is 5.14 Å². The molecule has 6 heteroatoms. The molecule has 98 valence electrons. The van der Waals surface area contributed by atoms with Crippen LogP contribution < -0.4 is 10.0 Å². The predicted octanol–water partition coefficient (Wildman–Crippen LogP) is 0.295. The van der Waals surface area contributed by atoms with Crippen LogP contribution in [0.1, 0.15) is 12.8 Å². The van der Waals surface area contributed by atoms with Gasteiger partial charge in [0.2, 0.25) is 10.0 Å². The zero-order chi connectivity index (χ0) is 13.0. The first kappa shape index (κ1) is 12.0. The number of hydrogen-bond donors (Lipinski definition) is 2. The second kappa shape index (κ2) is 3.69. The van der Waals surface area contributed by atoms with E-state index in [0.717, 1.165) is 18.5 Å². The Morgan fingerprint density at radius 1 is 1.22 bits per heavy atom. The molecule has 5 nitrogen and oxygen atoms in total. The number of benzene rings is 1. The van der Waals surface area contributed by atoms with E-state index in [1.54, 1.807) is 12.1 Å². The van der Waals surface area contributed by atoms with Gasteiger partial charge in [0, 0.05) is 18.8 Å². The van der Waals surface area contributed by atoms with E-state index in [2.05, 4.69) is 0 Å². The zero-order valence-electron chi connectivity index (χ0n) is 9.91. The van der Waals surface area contributed by atoms with E-state index in [0.29, 0.717) is 19.0 Å². The average molecular weight is 268 g/mol. The van der Waals surface area contributed by atoms with Crippen molar-refractivity contribution in [1.29, 1.82) is 0 Å². The SMILES string of the molecule is NS(=O)(=O)c1ccc(N2CC(O)(C3CC3)C2)cc1. The molecule has 1 saturated carbocycles. The topological polar surface area (TPSA) is 83.6 Å². The van der Waals surface area contributed by atoms with E-state index < -0.39 is 15.6 Å². The van der Waals surface area contributed by atoms with E-state index >= 15 is 0 Å². The second-order valence-electron chi connectivity index (χ2n) is 5.27. The van der Waals surface area contributed by atoms with Gasteiger partial charge in [0.05, 0.1) is 4.90 Å². The Kier molecular flexibility index (Phi) is 2.45. The molecule has 0 unspecified atom stereocenters. The van der Waals surface area contributed by atoms with Gasteiger partial charge in [0.15, 0.2) is 0 Å². The molecule has 0 spiro atoms. The standard InChI is InChI=1S/C12H16N2O3S/c13-18(16,17)11-5-3-10(4-6-11)14-7-12(15,8-14)9-1-2-9/h3-6,9,15H,1-2,7-8H2,(H2,13,16,17). The van der Waals surface area contributed by atoms with E-state index in [9.17, 15) is 13.5 Å². The Balaban J connectivity index is 1.72. The van der Waals surface area contributed by atoms with Crippen LogP contribution in [0, 0.1) is 5.92 Å². The van der Waals surface area contributed by atoms with Crippen molar-refractivity contribution in [2.45, 2.75) is 23.3 Å². The van der Waals surface area contributed by atoms with Crippen molar-refractivity contribution >= 4 is 15.7 Å². The maximum atomic E-state index is 11.1. The van der Waals surface area contributed by atoms with Crippen LogP contribution in [0.2, 0.25) is 0 Å². The molecule has 0 amide bonds. The van der Waals surface area contributed by atoms with Crippen LogP contribution in [0.3, 0.4) is 0 Å². The Morgan fingerprint density at radius 3 is 2.22 bits per heavy atom. The average Bonchev–Trinajstić information content (AvgIpc) is 3.08. The van der Waals surface area contributed by atoms with Gasteiger partial charge < -0.3 is 10.0 Å². The van der Waals surface area contributed by atoms with Crippen LogP contribution in [0.4, 0.5) is 5.69 Å². The van der Waals surface area contributed by atoms with Gasteiger partial charge >= 0.3 is 0 Å². The monoisotopic (exact) mass is 268 g/mol. The third kappa shape index (κ3) is 2.00. The molecular formula is C12H16N2O3S. The van der Waals surface area contributed by atoms with Gasteiger partial charge in [0.25, 0.3) is 0 Å². The van der Waals surface area contributed by atoms with Crippen molar-refractivity contribution in [3.8, 4) is 0 Å². The van der Waals surface area contributed by atoms with Crippen molar-refractivity contribution in [3.05, 3.63) is 24.3 Å². The fraction of sp³-hybridized carbons (Fsp3) is 0.500. The number of sulfonamides is 1. The number of nitrogens with zero attached hydrogens (tertiary/aromatic N) is 1. The molecule has 0 atom stereocenters. The lowest BCUT2D eigenvalue weighted by atomic mass is 9.88. The van der Waals surface area contributed by atoms with Gasteiger partial charge in [-0.15, -0.1) is 0 Å². The molecule has 0 aromatic heterocycles. The lowest BCUT2D eigenvalue weighted by Gasteiger charge is -2.48. The van der Waals surface area contributed by atoms with Gasteiger partial charge in [0.1, 0.15) is 5.60 Å². The highest BCUT2D eigenvalue weighted by molar-refractivity contribution is 7.89. The fourth-order valence-corrected chi connectivity index (χ4v) is 3.04. The van der Waals surface area contributed by atoms with Crippen LogP contribution in [-0.4, -0.2) is 32.2 Å². The summed E-state index contributed by atoms with van der Waals surface area (Å²) in [6, 6.07) is 6.46. The van der Waals surface area contributed by atoms with Crippen molar-refractivity contribution in [2.75, 3.05) is 18.0 Å². The third-order valence-corrected chi connectivity index (χ3v) is 4.73. The minimum atomic E-state index is -3.63. The molecular weight excluding hydrogens is 252 g/mol. The molecule has 2 fully saturated rings. The van der Waals surface area contributed by atoms with Crippen LogP contribution in [-0.2, 0) is 10.0 Å². The van der Waals surface area contributed by atoms with E-state index in [1.165, 1.54) is 12.1 Å². The summed E-state index contributed by atoms with van der Waals surface area (Å²) in [4.78, 5) is 2.16. The quantitative estimate of drug-likeness (QED) is 0.825. The number of hydrogen-bond acceptors (Lipinski definition) is 4. The first-order valence-electron chi connectivity index (χ1n) is 5.99. The molecule has 3 N–H and O–H groups in total. The molecule has 2 aliphatic rings. The van der Waals surface area contributed by atoms with Gasteiger partial charge in [-0.2, -0.15) is 0 Å². The number of β-amino-alcohol motifs (C(OH)–C–C–N with tert-alkyl or cyclic N) is 1. The smallest absolute Gasteiger partial charge is 0.238 e. The van der Waals surface area contributed by atoms with Crippen molar-refractivity contribution in [3.63, 3.8) is 0 Å². The Labute approximate surface area is 106 Å². The molecule has 1 aromatic rings. The minimum Gasteiger partial charge on any atom is -0.386 e. The minimum absolute atomic E-state index is 0.115. The molecule has 18 heavy (non-hydrogen) atoms. The van der Waals surface area contributed by atoms with Gasteiger partial charge in [-0.25, -0.2) is 13.6 Å². The predicted molar refractivity (Wildman–Crippen MR) is 67.7 cm³/mol. The third-order valence-electron chi connectivity index (χ3n) is 3.80. The number of rotatable bonds is 3. The number of aliphatic hydroxyl groups is 1. The Hall–Kier alpha value is -1.11. The number of anilines is 1. The molecule has 1 saturated heterocycles. The fourth-order valence-electron chi connectivity index (χ4n) is 2.52. The summed E-state index contributed by atoms with van der Waals surface area (Å²) in [5.74, 6) is 0.456. The van der Waals surface area contributed by atoms with E-state index in [-0.39, 0.29) is 4.90 Å². The molecule has 0 radical (unpaired) electrons. The summed E-state index contributed by atoms with van der Waals surface area (Å²) in [6.45, 7) is 1.26. The van der Waals surface area contributed by atoms with Gasteiger partial charge in [-0.3, -0.25) is 0 Å². The highest BCUT2D eigenvalue weighted by Gasteiger charge is 2.51. The largest absolute Gasteiger partial charge is 0.386 e. The molecule has 1 heterocycles. The van der Waals surface area contributed by atoms with Gasteiger partial charge in [-0.1, -0.05) is 0 Å². The zero-order valence-corrected chi connectivity index (χ0v) is 10.7. The highest BCUT2D eigenvalue weighted by Crippen LogP contribution is 2.45. The number of nitrogens with two attached hydrogens (primary N) is 1. The summed E-state index contributed by atoms with van der Waals surface area (Å²) in [6.07, 6.45) is 2.24. The Bertz CT molecular complexity index is 557. The Morgan fingerprint density at radius 2 is 1.78 bits per heavy atom. The van der Waals surface area contributed by atoms with Crippen LogP contribution >= 0.6 is 0 Å². The molecule has 1 aliphatic carbocycles. The lowest BCUT2D eigenvalue weighted by Crippen LogP contribution is -2.63. The maximum Gasteiger partial charge on any atom is 0.238 e. The van der Waals surface area contributed by atoms with Crippen molar-refractivity contribution in [2.24, 2.45) is 11.1 Å². The summed E-state index contributed by atoms with van der Waals surface area (Å²) < 4.78 is 22.2.